The van der Waals surface area contributed by atoms with Gasteiger partial charge in [-0.3, -0.25) is 9.48 Å². The average molecular weight is 433 g/mol. The van der Waals surface area contributed by atoms with Crippen molar-refractivity contribution in [3.05, 3.63) is 47.0 Å². The number of hydrogen-bond donors (Lipinski definition) is 1. The van der Waals surface area contributed by atoms with E-state index in [-0.39, 0.29) is 11.8 Å². The molecule has 1 saturated heterocycles. The number of piperidine rings is 1. The summed E-state index contributed by atoms with van der Waals surface area (Å²) in [5.74, 6) is 0.198. The van der Waals surface area contributed by atoms with Gasteiger partial charge in [-0.25, -0.2) is 8.42 Å². The molecule has 0 unspecified atom stereocenters. The highest BCUT2D eigenvalue weighted by atomic mass is 32.2. The van der Waals surface area contributed by atoms with Gasteiger partial charge in [-0.1, -0.05) is 18.2 Å². The lowest BCUT2D eigenvalue weighted by molar-refractivity contribution is 0.0945. The van der Waals surface area contributed by atoms with Gasteiger partial charge in [-0.2, -0.15) is 9.40 Å². The Morgan fingerprint density at radius 2 is 1.93 bits per heavy atom. The van der Waals surface area contributed by atoms with Crippen LogP contribution in [0.3, 0.4) is 0 Å². The molecule has 7 nitrogen and oxygen atoms in total. The lowest BCUT2D eigenvalue weighted by Gasteiger charge is -2.31. The molecule has 3 heterocycles. The van der Waals surface area contributed by atoms with Crippen LogP contribution in [0.2, 0.25) is 0 Å². The second kappa shape index (κ2) is 7.89. The Bertz CT molecular complexity index is 1090. The third kappa shape index (κ3) is 3.94. The number of aromatic nitrogens is 2. The molecular formula is C20H24N4O3S2. The van der Waals surface area contributed by atoms with E-state index >= 15 is 0 Å². The molecule has 1 fully saturated rings. The van der Waals surface area contributed by atoms with Gasteiger partial charge in [0.25, 0.3) is 5.91 Å². The molecule has 0 radical (unpaired) electrons. The number of carbonyl (C=O) groups excluding carboxylic acids is 1. The molecule has 1 aliphatic rings. The third-order valence-electron chi connectivity index (χ3n) is 5.43. The number of thiophene rings is 1. The minimum absolute atomic E-state index is 0.0788. The summed E-state index contributed by atoms with van der Waals surface area (Å²) < 4.78 is 28.8. The van der Waals surface area contributed by atoms with Crippen molar-refractivity contribution in [3.8, 4) is 0 Å². The van der Waals surface area contributed by atoms with Gasteiger partial charge in [0.05, 0.1) is 15.5 Å². The van der Waals surface area contributed by atoms with Crippen molar-refractivity contribution in [2.24, 2.45) is 13.0 Å². The highest BCUT2D eigenvalue weighted by molar-refractivity contribution is 7.89. The summed E-state index contributed by atoms with van der Waals surface area (Å²) in [5.41, 5.74) is 0.921. The molecule has 0 atom stereocenters. The van der Waals surface area contributed by atoms with Crippen LogP contribution in [0.4, 0.5) is 0 Å². The lowest BCUT2D eigenvalue weighted by atomic mass is 9.98. The molecule has 1 N–H and O–H groups in total. The number of sulfonamides is 1. The van der Waals surface area contributed by atoms with Crippen LogP contribution >= 0.6 is 11.3 Å². The van der Waals surface area contributed by atoms with Crippen molar-refractivity contribution in [1.29, 1.82) is 0 Å². The summed E-state index contributed by atoms with van der Waals surface area (Å²) in [6.07, 6.45) is 1.48. The molecule has 0 aliphatic carbocycles. The predicted octanol–water partition coefficient (Wildman–Crippen LogP) is 2.77. The number of benzene rings is 1. The first-order valence-corrected chi connectivity index (χ1v) is 11.9. The van der Waals surface area contributed by atoms with Crippen molar-refractivity contribution in [3.63, 3.8) is 0 Å². The van der Waals surface area contributed by atoms with Gasteiger partial charge in [0.15, 0.2) is 0 Å². The molecule has 1 aromatic carbocycles. The van der Waals surface area contributed by atoms with Gasteiger partial charge in [-0.15, -0.1) is 11.3 Å². The van der Waals surface area contributed by atoms with Gasteiger partial charge < -0.3 is 5.32 Å². The molecule has 9 heteroatoms. The second-order valence-corrected chi connectivity index (χ2v) is 10.4. The van der Waals surface area contributed by atoms with Gasteiger partial charge in [0.1, 0.15) is 4.83 Å². The Balaban J connectivity index is 1.33. The average Bonchev–Trinajstić information content (AvgIpc) is 3.28. The highest BCUT2D eigenvalue weighted by Gasteiger charge is 2.29. The van der Waals surface area contributed by atoms with Crippen LogP contribution in [0.15, 0.2) is 41.3 Å². The minimum Gasteiger partial charge on any atom is -0.351 e. The fourth-order valence-corrected chi connectivity index (χ4v) is 6.27. The van der Waals surface area contributed by atoms with E-state index in [0.717, 1.165) is 28.8 Å². The van der Waals surface area contributed by atoms with E-state index in [4.69, 9.17) is 0 Å². The molecule has 4 rings (SSSR count). The Hall–Kier alpha value is -2.23. The normalized spacial score (nSPS) is 16.3. The van der Waals surface area contributed by atoms with Crippen molar-refractivity contribution < 1.29 is 13.2 Å². The Kier molecular flexibility index (Phi) is 5.46. The molecule has 3 aromatic rings. The van der Waals surface area contributed by atoms with Crippen molar-refractivity contribution >= 4 is 37.5 Å². The van der Waals surface area contributed by atoms with Crippen LogP contribution in [0.1, 0.15) is 28.2 Å². The maximum atomic E-state index is 12.7. The zero-order chi connectivity index (χ0) is 20.6. The van der Waals surface area contributed by atoms with Crippen LogP contribution < -0.4 is 5.32 Å². The van der Waals surface area contributed by atoms with E-state index in [9.17, 15) is 13.2 Å². The molecule has 2 aromatic heterocycles. The Morgan fingerprint density at radius 1 is 1.24 bits per heavy atom. The number of fused-ring (bicyclic) bond motifs is 1. The summed E-state index contributed by atoms with van der Waals surface area (Å²) in [6, 6.07) is 10.4. The van der Waals surface area contributed by atoms with Gasteiger partial charge in [0.2, 0.25) is 10.0 Å². The lowest BCUT2D eigenvalue weighted by Crippen LogP contribution is -2.41. The van der Waals surface area contributed by atoms with Crippen molar-refractivity contribution in [1.82, 2.24) is 19.4 Å². The predicted molar refractivity (Wildman–Crippen MR) is 114 cm³/mol. The number of nitrogens with one attached hydrogen (secondary N) is 1. The molecule has 1 amide bonds. The number of aryl methyl sites for hydroxylation is 2. The van der Waals surface area contributed by atoms with Crippen LogP contribution in [-0.2, 0) is 17.1 Å². The maximum Gasteiger partial charge on any atom is 0.261 e. The van der Waals surface area contributed by atoms with E-state index in [1.165, 1.54) is 11.3 Å². The van der Waals surface area contributed by atoms with Crippen molar-refractivity contribution in [2.75, 3.05) is 19.6 Å². The number of nitrogens with zero attached hydrogens (tertiary/aromatic N) is 3. The molecule has 29 heavy (non-hydrogen) atoms. The Labute approximate surface area is 174 Å². The fraction of sp³-hybridized carbons (Fsp3) is 0.400. The quantitative estimate of drug-likeness (QED) is 0.672. The van der Waals surface area contributed by atoms with E-state index in [2.05, 4.69) is 10.4 Å². The summed E-state index contributed by atoms with van der Waals surface area (Å²) >= 11 is 1.44. The first-order chi connectivity index (χ1) is 13.9. The topological polar surface area (TPSA) is 84.3 Å². The second-order valence-electron chi connectivity index (χ2n) is 7.41. The molecule has 1 aliphatic heterocycles. The van der Waals surface area contributed by atoms with Crippen LogP contribution in [-0.4, -0.2) is 48.0 Å². The van der Waals surface area contributed by atoms with Crippen LogP contribution in [0, 0.1) is 12.8 Å². The fourth-order valence-electron chi connectivity index (χ4n) is 3.74. The zero-order valence-electron chi connectivity index (χ0n) is 16.5. The zero-order valence-corrected chi connectivity index (χ0v) is 18.1. The molecule has 154 valence electrons. The summed E-state index contributed by atoms with van der Waals surface area (Å²) in [4.78, 5) is 14.6. The van der Waals surface area contributed by atoms with Crippen LogP contribution in [0.5, 0.6) is 0 Å². The number of rotatable bonds is 5. The standard InChI is InChI=1S/C20H24N4O3S2/c1-14-17-12-18(28-20(17)23(2)22-14)19(25)21-13-15-8-10-24(11-9-15)29(26,27)16-6-4-3-5-7-16/h3-7,12,15H,8-11,13H2,1-2H3,(H,21,25). The van der Waals surface area contributed by atoms with E-state index in [1.54, 1.807) is 33.3 Å². The van der Waals surface area contributed by atoms with Gasteiger partial charge in [0, 0.05) is 32.1 Å². The van der Waals surface area contributed by atoms with Gasteiger partial charge >= 0.3 is 0 Å². The summed E-state index contributed by atoms with van der Waals surface area (Å²) in [7, 11) is -1.56. The monoisotopic (exact) mass is 432 g/mol. The SMILES string of the molecule is Cc1nn(C)c2sc(C(=O)NCC3CCN(S(=O)(=O)c4ccccc4)CC3)cc12. The van der Waals surface area contributed by atoms with E-state index in [1.807, 2.05) is 26.1 Å². The van der Waals surface area contributed by atoms with Crippen LogP contribution in [0.25, 0.3) is 10.2 Å². The smallest absolute Gasteiger partial charge is 0.261 e. The molecular weight excluding hydrogens is 408 g/mol. The molecule has 0 bridgehead atoms. The highest BCUT2D eigenvalue weighted by Crippen LogP contribution is 2.28. The molecule has 0 spiro atoms. The number of hydrogen-bond acceptors (Lipinski definition) is 5. The van der Waals surface area contributed by atoms with E-state index in [0.29, 0.717) is 29.4 Å². The largest absolute Gasteiger partial charge is 0.351 e. The Morgan fingerprint density at radius 3 is 2.59 bits per heavy atom. The summed E-state index contributed by atoms with van der Waals surface area (Å²) in [6.45, 7) is 3.45. The minimum atomic E-state index is -3.44. The first kappa shape index (κ1) is 20.1. The van der Waals surface area contributed by atoms with Gasteiger partial charge in [-0.05, 0) is 43.9 Å². The maximum absolute atomic E-state index is 12.7. The van der Waals surface area contributed by atoms with E-state index < -0.39 is 10.0 Å². The number of carbonyl (C=O) groups is 1. The number of amides is 1. The first-order valence-electron chi connectivity index (χ1n) is 9.63. The van der Waals surface area contributed by atoms with Crippen molar-refractivity contribution in [2.45, 2.75) is 24.7 Å². The third-order valence-corrected chi connectivity index (χ3v) is 8.54. The molecule has 0 saturated carbocycles. The summed E-state index contributed by atoms with van der Waals surface area (Å²) in [5, 5.41) is 8.39.